The Kier molecular flexibility index (Phi) is 4.44. The topological polar surface area (TPSA) is 99.4 Å². The van der Waals surface area contributed by atoms with Crippen LogP contribution in [0.1, 0.15) is 36.8 Å². The number of carboxylic acid groups (broad SMARTS) is 1. The molecule has 1 aromatic carbocycles. The van der Waals surface area contributed by atoms with Crippen LogP contribution in [0.25, 0.3) is 10.1 Å². The van der Waals surface area contributed by atoms with Crippen LogP contribution in [0.4, 0.5) is 0 Å². The van der Waals surface area contributed by atoms with Crippen molar-refractivity contribution in [1.82, 2.24) is 5.32 Å². The number of allylic oxidation sites excluding steroid dienone is 2. The summed E-state index contributed by atoms with van der Waals surface area (Å²) in [6.07, 6.45) is 1.91. The number of ether oxygens (including phenoxy) is 1. The van der Waals surface area contributed by atoms with E-state index in [1.807, 2.05) is 11.4 Å². The van der Waals surface area contributed by atoms with E-state index in [-0.39, 0.29) is 11.5 Å². The number of nitriles is 1. The second-order valence-electron chi connectivity index (χ2n) is 6.98. The summed E-state index contributed by atoms with van der Waals surface area (Å²) in [4.78, 5) is 24.9. The molecule has 0 amide bonds. The fraction of sp³-hybridized carbons (Fsp3) is 0.286. The zero-order valence-electron chi connectivity index (χ0n) is 15.4. The Bertz CT molecular complexity index is 1120. The molecular formula is C21H18N2O4S. The Morgan fingerprint density at radius 3 is 2.68 bits per heavy atom. The molecule has 0 bridgehead atoms. The Morgan fingerprint density at radius 1 is 1.32 bits per heavy atom. The van der Waals surface area contributed by atoms with Crippen LogP contribution in [0, 0.1) is 17.2 Å². The standard InChI is InChI=1S/C21H18N2O4S/c1-10-15(20(24)25)16(17(21(26)27-2)18(23-10)11-6-7-11)14-9-28-19-12(8-22)4-3-5-13(14)19/h3-5,9,11,16,23H,6-7H2,1-2H3,(H,24,25). The van der Waals surface area contributed by atoms with Gasteiger partial charge in [-0.1, -0.05) is 12.1 Å². The highest BCUT2D eigenvalue weighted by Gasteiger charge is 2.43. The van der Waals surface area contributed by atoms with Crippen molar-refractivity contribution in [1.29, 1.82) is 5.26 Å². The zero-order chi connectivity index (χ0) is 20.0. The molecule has 7 heteroatoms. The van der Waals surface area contributed by atoms with Gasteiger partial charge in [0.15, 0.2) is 0 Å². The van der Waals surface area contributed by atoms with E-state index in [1.54, 1.807) is 19.1 Å². The molecule has 2 aliphatic rings. The summed E-state index contributed by atoms with van der Waals surface area (Å²) in [6, 6.07) is 7.55. The van der Waals surface area contributed by atoms with Crippen molar-refractivity contribution in [2.45, 2.75) is 25.7 Å². The first-order valence-electron chi connectivity index (χ1n) is 8.91. The molecule has 1 atom stereocenters. The molecule has 2 N–H and O–H groups in total. The van der Waals surface area contributed by atoms with Crippen molar-refractivity contribution in [3.8, 4) is 6.07 Å². The highest BCUT2D eigenvalue weighted by Crippen LogP contribution is 2.48. The van der Waals surface area contributed by atoms with Crippen LogP contribution in [0.15, 0.2) is 46.1 Å². The van der Waals surface area contributed by atoms with E-state index in [4.69, 9.17) is 4.74 Å². The molecule has 0 spiro atoms. The number of hydrogen-bond acceptors (Lipinski definition) is 6. The summed E-state index contributed by atoms with van der Waals surface area (Å²) < 4.78 is 5.84. The van der Waals surface area contributed by atoms with Gasteiger partial charge in [-0.25, -0.2) is 9.59 Å². The third-order valence-corrected chi connectivity index (χ3v) is 6.32. The summed E-state index contributed by atoms with van der Waals surface area (Å²) in [5.74, 6) is -2.14. The lowest BCUT2D eigenvalue weighted by Crippen LogP contribution is -2.33. The molecule has 1 unspecified atom stereocenters. The molecule has 1 saturated carbocycles. The van der Waals surface area contributed by atoms with Gasteiger partial charge in [-0.05, 0) is 48.1 Å². The van der Waals surface area contributed by atoms with Crippen LogP contribution in [0.3, 0.4) is 0 Å². The monoisotopic (exact) mass is 394 g/mol. The highest BCUT2D eigenvalue weighted by molar-refractivity contribution is 7.17. The molecular weight excluding hydrogens is 376 g/mol. The molecule has 6 nitrogen and oxygen atoms in total. The highest BCUT2D eigenvalue weighted by atomic mass is 32.1. The normalized spacial score (nSPS) is 19.4. The number of rotatable bonds is 4. The number of aliphatic carboxylic acids is 1. The van der Waals surface area contributed by atoms with Crippen LogP contribution in [-0.4, -0.2) is 24.2 Å². The molecule has 0 radical (unpaired) electrons. The zero-order valence-corrected chi connectivity index (χ0v) is 16.2. The molecule has 1 aliphatic heterocycles. The fourth-order valence-electron chi connectivity index (χ4n) is 3.87. The number of methoxy groups -OCH3 is 1. The Balaban J connectivity index is 2.01. The molecule has 2 aromatic rings. The van der Waals surface area contributed by atoms with E-state index in [1.165, 1.54) is 18.4 Å². The molecule has 0 saturated heterocycles. The third kappa shape index (κ3) is 2.77. The molecule has 1 fully saturated rings. The minimum absolute atomic E-state index is 0.131. The number of fused-ring (bicyclic) bond motifs is 1. The van der Waals surface area contributed by atoms with E-state index in [0.717, 1.165) is 28.6 Å². The van der Waals surface area contributed by atoms with Crippen LogP contribution >= 0.6 is 11.3 Å². The Labute approximate surface area is 165 Å². The van der Waals surface area contributed by atoms with Crippen molar-refractivity contribution in [2.75, 3.05) is 7.11 Å². The van der Waals surface area contributed by atoms with Crippen LogP contribution in [0.2, 0.25) is 0 Å². The second-order valence-corrected chi connectivity index (χ2v) is 7.86. The minimum Gasteiger partial charge on any atom is -0.478 e. The predicted molar refractivity (Wildman–Crippen MR) is 105 cm³/mol. The lowest BCUT2D eigenvalue weighted by molar-refractivity contribution is -0.136. The number of dihydropyridines is 1. The number of esters is 1. The van der Waals surface area contributed by atoms with Crippen molar-refractivity contribution in [2.24, 2.45) is 5.92 Å². The predicted octanol–water partition coefficient (Wildman–Crippen LogP) is 3.66. The average Bonchev–Trinajstić information content (AvgIpc) is 3.44. The van der Waals surface area contributed by atoms with Gasteiger partial charge in [0.1, 0.15) is 6.07 Å². The SMILES string of the molecule is COC(=O)C1=C(C2CC2)NC(C)=C(C(=O)O)C1c1csc2c(C#N)cccc12. The summed E-state index contributed by atoms with van der Waals surface area (Å²) in [5.41, 5.74) is 3.03. The van der Waals surface area contributed by atoms with Crippen LogP contribution in [0.5, 0.6) is 0 Å². The first-order valence-corrected chi connectivity index (χ1v) is 9.79. The van der Waals surface area contributed by atoms with Gasteiger partial charge < -0.3 is 15.2 Å². The van der Waals surface area contributed by atoms with Gasteiger partial charge in [0.25, 0.3) is 0 Å². The number of nitrogens with one attached hydrogen (secondary N) is 1. The summed E-state index contributed by atoms with van der Waals surface area (Å²) in [7, 11) is 1.31. The smallest absolute Gasteiger partial charge is 0.336 e. The fourth-order valence-corrected chi connectivity index (χ4v) is 4.93. The van der Waals surface area contributed by atoms with Gasteiger partial charge in [-0.3, -0.25) is 0 Å². The molecule has 142 valence electrons. The van der Waals surface area contributed by atoms with Gasteiger partial charge in [-0.2, -0.15) is 5.26 Å². The average molecular weight is 394 g/mol. The third-order valence-electron chi connectivity index (χ3n) is 5.28. The quantitative estimate of drug-likeness (QED) is 0.768. The van der Waals surface area contributed by atoms with Crippen molar-refractivity contribution in [3.63, 3.8) is 0 Å². The van der Waals surface area contributed by atoms with E-state index in [0.29, 0.717) is 22.4 Å². The maximum absolute atomic E-state index is 12.8. The van der Waals surface area contributed by atoms with Gasteiger partial charge in [0.05, 0.1) is 34.4 Å². The molecule has 1 aromatic heterocycles. The molecule has 1 aliphatic carbocycles. The maximum atomic E-state index is 12.8. The first-order chi connectivity index (χ1) is 13.5. The number of nitrogens with zero attached hydrogens (tertiary/aromatic N) is 1. The van der Waals surface area contributed by atoms with Gasteiger partial charge in [0, 0.05) is 11.4 Å². The number of carboxylic acids is 1. The number of hydrogen-bond donors (Lipinski definition) is 2. The van der Waals surface area contributed by atoms with E-state index in [2.05, 4.69) is 11.4 Å². The van der Waals surface area contributed by atoms with Gasteiger partial charge in [-0.15, -0.1) is 11.3 Å². The summed E-state index contributed by atoms with van der Waals surface area (Å²) >= 11 is 1.39. The van der Waals surface area contributed by atoms with E-state index >= 15 is 0 Å². The van der Waals surface area contributed by atoms with E-state index < -0.39 is 17.9 Å². The lowest BCUT2D eigenvalue weighted by atomic mass is 9.79. The van der Waals surface area contributed by atoms with Gasteiger partial charge in [0.2, 0.25) is 0 Å². The van der Waals surface area contributed by atoms with E-state index in [9.17, 15) is 20.0 Å². The van der Waals surface area contributed by atoms with Crippen molar-refractivity contribution in [3.05, 3.63) is 57.2 Å². The number of thiophene rings is 1. The van der Waals surface area contributed by atoms with Gasteiger partial charge >= 0.3 is 11.9 Å². The second kappa shape index (κ2) is 6.80. The molecule has 28 heavy (non-hydrogen) atoms. The number of carbonyl (C=O) groups excluding carboxylic acids is 1. The Hall–Kier alpha value is -3.11. The number of benzene rings is 1. The lowest BCUT2D eigenvalue weighted by Gasteiger charge is -2.30. The first kappa shape index (κ1) is 18.3. The minimum atomic E-state index is -1.08. The van der Waals surface area contributed by atoms with Crippen molar-refractivity contribution < 1.29 is 19.4 Å². The molecule has 4 rings (SSSR count). The van der Waals surface area contributed by atoms with Crippen LogP contribution < -0.4 is 5.32 Å². The molecule has 2 heterocycles. The summed E-state index contributed by atoms with van der Waals surface area (Å²) in [5, 5.41) is 25.1. The summed E-state index contributed by atoms with van der Waals surface area (Å²) in [6.45, 7) is 1.72. The Morgan fingerprint density at radius 2 is 2.07 bits per heavy atom. The largest absolute Gasteiger partial charge is 0.478 e. The number of carbonyl (C=O) groups is 2. The van der Waals surface area contributed by atoms with Crippen molar-refractivity contribution >= 4 is 33.4 Å². The maximum Gasteiger partial charge on any atom is 0.336 e. The van der Waals surface area contributed by atoms with Crippen LogP contribution in [-0.2, 0) is 14.3 Å².